The lowest BCUT2D eigenvalue weighted by Crippen LogP contribution is -2.20. The molecule has 2 N–H and O–H groups in total. The second kappa shape index (κ2) is 3.31. The van der Waals surface area contributed by atoms with Crippen LogP contribution in [0, 0.1) is 0 Å². The Balaban J connectivity index is 2.13. The van der Waals surface area contributed by atoms with Crippen molar-refractivity contribution < 1.29 is 4.52 Å². The van der Waals surface area contributed by atoms with E-state index in [-0.39, 0.29) is 5.41 Å². The number of nitrogens with zero attached hydrogens (tertiary/aromatic N) is 2. The summed E-state index contributed by atoms with van der Waals surface area (Å²) in [6.07, 6.45) is 4.20. The van der Waals surface area contributed by atoms with Gasteiger partial charge in [-0.3, -0.25) is 0 Å². The molecule has 0 amide bonds. The van der Waals surface area contributed by atoms with Crippen LogP contribution in [0.25, 0.3) is 0 Å². The largest absolute Gasteiger partial charge is 0.339 e. The molecule has 0 radical (unpaired) electrons. The fraction of sp³-hybridized carbons (Fsp3) is 0.750. The number of nitrogens with two attached hydrogens (primary N) is 1. The molecule has 2 rings (SSSR count). The lowest BCUT2D eigenvalue weighted by molar-refractivity contribution is 0.344. The van der Waals surface area contributed by atoms with E-state index < -0.39 is 0 Å². The molecule has 0 bridgehead atoms. The Morgan fingerprint density at radius 2 is 2.38 bits per heavy atom. The maximum atomic E-state index is 5.65. The molecular weight excluding hydrogens is 186 g/mol. The lowest BCUT2D eigenvalue weighted by atomic mass is 10.1. The lowest BCUT2D eigenvalue weighted by Gasteiger charge is -2.03. The zero-order valence-electron chi connectivity index (χ0n) is 7.62. The fourth-order valence-corrected chi connectivity index (χ4v) is 1.69. The molecule has 0 aliphatic heterocycles. The van der Waals surface area contributed by atoms with Crippen LogP contribution in [0.3, 0.4) is 0 Å². The molecule has 0 aromatic carbocycles. The molecule has 0 atom stereocenters. The van der Waals surface area contributed by atoms with Crippen LogP contribution >= 0.6 is 11.8 Å². The first-order chi connectivity index (χ1) is 6.30. The van der Waals surface area contributed by atoms with Crippen LogP contribution in [-0.2, 0) is 11.2 Å². The summed E-state index contributed by atoms with van der Waals surface area (Å²) < 4.78 is 5.18. The first-order valence-electron chi connectivity index (χ1n) is 4.33. The topological polar surface area (TPSA) is 64.9 Å². The van der Waals surface area contributed by atoms with E-state index in [4.69, 9.17) is 10.3 Å². The molecule has 1 aliphatic rings. The second-order valence-electron chi connectivity index (χ2n) is 3.43. The predicted octanol–water partition coefficient (Wildman–Crippen LogP) is 0.923. The summed E-state index contributed by atoms with van der Waals surface area (Å²) >= 11 is 1.69. The SMILES string of the molecule is CSCc1noc(C2(CN)CC2)n1. The van der Waals surface area contributed by atoms with Gasteiger partial charge >= 0.3 is 0 Å². The Bertz CT molecular complexity index is 295. The maximum Gasteiger partial charge on any atom is 0.234 e. The number of hydrogen-bond acceptors (Lipinski definition) is 5. The second-order valence-corrected chi connectivity index (χ2v) is 4.30. The van der Waals surface area contributed by atoms with Gasteiger partial charge < -0.3 is 10.3 Å². The van der Waals surface area contributed by atoms with Crippen molar-refractivity contribution in [3.8, 4) is 0 Å². The van der Waals surface area contributed by atoms with Gasteiger partial charge in [0, 0.05) is 6.54 Å². The molecule has 0 spiro atoms. The van der Waals surface area contributed by atoms with E-state index in [1.165, 1.54) is 0 Å². The van der Waals surface area contributed by atoms with E-state index in [0.29, 0.717) is 6.54 Å². The van der Waals surface area contributed by atoms with Crippen LogP contribution in [0.2, 0.25) is 0 Å². The van der Waals surface area contributed by atoms with Crippen LogP contribution < -0.4 is 5.73 Å². The molecule has 72 valence electrons. The smallest absolute Gasteiger partial charge is 0.234 e. The third-order valence-electron chi connectivity index (χ3n) is 2.44. The predicted molar refractivity (Wildman–Crippen MR) is 51.5 cm³/mol. The Kier molecular flexibility index (Phi) is 2.29. The summed E-state index contributed by atoms with van der Waals surface area (Å²) in [7, 11) is 0. The van der Waals surface area contributed by atoms with Crippen LogP contribution in [0.1, 0.15) is 24.6 Å². The third kappa shape index (κ3) is 1.58. The third-order valence-corrected chi connectivity index (χ3v) is 2.99. The summed E-state index contributed by atoms with van der Waals surface area (Å²) in [5, 5.41) is 3.90. The van der Waals surface area contributed by atoms with E-state index in [2.05, 4.69) is 10.1 Å². The van der Waals surface area contributed by atoms with Crippen molar-refractivity contribution in [2.45, 2.75) is 24.0 Å². The van der Waals surface area contributed by atoms with Crippen molar-refractivity contribution in [3.63, 3.8) is 0 Å². The summed E-state index contributed by atoms with van der Waals surface area (Å²) in [6.45, 7) is 0.619. The number of hydrogen-bond donors (Lipinski definition) is 1. The minimum absolute atomic E-state index is 0.0314. The molecule has 13 heavy (non-hydrogen) atoms. The highest BCUT2D eigenvalue weighted by molar-refractivity contribution is 7.97. The van der Waals surface area contributed by atoms with Gasteiger partial charge in [-0.1, -0.05) is 5.16 Å². The first-order valence-corrected chi connectivity index (χ1v) is 5.72. The molecule has 4 nitrogen and oxygen atoms in total. The minimum Gasteiger partial charge on any atom is -0.339 e. The van der Waals surface area contributed by atoms with Crippen molar-refractivity contribution >= 4 is 11.8 Å². The summed E-state index contributed by atoms with van der Waals surface area (Å²) in [4.78, 5) is 4.33. The van der Waals surface area contributed by atoms with Gasteiger partial charge in [-0.25, -0.2) is 0 Å². The van der Waals surface area contributed by atoms with E-state index in [1.807, 2.05) is 6.26 Å². The molecule has 0 unspecified atom stereocenters. The van der Waals surface area contributed by atoms with Crippen molar-refractivity contribution in [2.24, 2.45) is 5.73 Å². The molecule has 1 aliphatic carbocycles. The van der Waals surface area contributed by atoms with Crippen molar-refractivity contribution in [2.75, 3.05) is 12.8 Å². The molecule has 1 aromatic heterocycles. The first kappa shape index (κ1) is 9.02. The van der Waals surface area contributed by atoms with Crippen LogP contribution in [0.5, 0.6) is 0 Å². The quantitative estimate of drug-likeness (QED) is 0.781. The van der Waals surface area contributed by atoms with Crippen LogP contribution in [0.15, 0.2) is 4.52 Å². The van der Waals surface area contributed by atoms with Gasteiger partial charge in [0.2, 0.25) is 5.89 Å². The number of thioether (sulfide) groups is 1. The van der Waals surface area contributed by atoms with Gasteiger partial charge in [0.05, 0.1) is 11.2 Å². The summed E-state index contributed by atoms with van der Waals surface area (Å²) in [6, 6.07) is 0. The standard InChI is InChI=1S/C8H13N3OS/c1-13-4-6-10-7(12-11-6)8(5-9)2-3-8/h2-5,9H2,1H3. The molecule has 1 fully saturated rings. The Morgan fingerprint density at radius 3 is 2.92 bits per heavy atom. The van der Waals surface area contributed by atoms with E-state index in [0.717, 1.165) is 30.3 Å². The Labute approximate surface area is 81.3 Å². The van der Waals surface area contributed by atoms with Gasteiger partial charge in [0.25, 0.3) is 0 Å². The average molecular weight is 199 g/mol. The van der Waals surface area contributed by atoms with E-state index in [1.54, 1.807) is 11.8 Å². The van der Waals surface area contributed by atoms with Crippen molar-refractivity contribution in [1.82, 2.24) is 10.1 Å². The number of aromatic nitrogens is 2. The van der Waals surface area contributed by atoms with Crippen molar-refractivity contribution in [1.29, 1.82) is 0 Å². The van der Waals surface area contributed by atoms with Gasteiger partial charge in [-0.2, -0.15) is 16.7 Å². The fourth-order valence-electron chi connectivity index (χ4n) is 1.31. The normalized spacial score (nSPS) is 18.9. The maximum absolute atomic E-state index is 5.65. The Morgan fingerprint density at radius 1 is 1.62 bits per heavy atom. The highest BCUT2D eigenvalue weighted by atomic mass is 32.2. The van der Waals surface area contributed by atoms with Crippen molar-refractivity contribution in [3.05, 3.63) is 11.7 Å². The van der Waals surface area contributed by atoms with Crippen LogP contribution in [0.4, 0.5) is 0 Å². The summed E-state index contributed by atoms with van der Waals surface area (Å²) in [5.41, 5.74) is 5.68. The molecule has 1 aromatic rings. The average Bonchev–Trinajstić information content (AvgIpc) is 2.82. The van der Waals surface area contributed by atoms with Gasteiger partial charge in [0.15, 0.2) is 5.82 Å². The van der Waals surface area contributed by atoms with Gasteiger partial charge in [-0.05, 0) is 19.1 Å². The Hall–Kier alpha value is -0.550. The molecule has 1 heterocycles. The zero-order valence-corrected chi connectivity index (χ0v) is 8.43. The monoisotopic (exact) mass is 199 g/mol. The molecule has 0 saturated heterocycles. The van der Waals surface area contributed by atoms with Gasteiger partial charge in [0.1, 0.15) is 0 Å². The zero-order chi connectivity index (χ0) is 9.31. The molecular formula is C8H13N3OS. The molecule has 5 heteroatoms. The summed E-state index contributed by atoms with van der Waals surface area (Å²) in [5.74, 6) is 2.32. The van der Waals surface area contributed by atoms with Gasteiger partial charge in [-0.15, -0.1) is 0 Å². The van der Waals surface area contributed by atoms with Crippen LogP contribution in [-0.4, -0.2) is 22.9 Å². The highest BCUT2D eigenvalue weighted by Crippen LogP contribution is 2.46. The van der Waals surface area contributed by atoms with E-state index in [9.17, 15) is 0 Å². The highest BCUT2D eigenvalue weighted by Gasteiger charge is 2.48. The van der Waals surface area contributed by atoms with E-state index >= 15 is 0 Å². The number of rotatable bonds is 4. The molecule has 1 saturated carbocycles. The minimum atomic E-state index is 0.0314.